The minimum absolute atomic E-state index is 0.870. The van der Waals surface area contributed by atoms with Crippen LogP contribution in [0.1, 0.15) is 64.2 Å². The van der Waals surface area contributed by atoms with Crippen molar-refractivity contribution in [3.05, 3.63) is 0 Å². The van der Waals surface area contributed by atoms with Gasteiger partial charge in [-0.15, -0.1) is 0 Å². The second kappa shape index (κ2) is 6.51. The Morgan fingerprint density at radius 2 is 1.38 bits per heavy atom. The molecular formula is C21H39BrSi2. The minimum atomic E-state index is -1.13. The Labute approximate surface area is 160 Å². The van der Waals surface area contributed by atoms with Gasteiger partial charge in [-0.05, 0) is 54.0 Å². The van der Waals surface area contributed by atoms with Crippen LogP contribution in [0.25, 0.3) is 0 Å². The van der Waals surface area contributed by atoms with Gasteiger partial charge in [0, 0.05) is 20.0 Å². The van der Waals surface area contributed by atoms with E-state index >= 15 is 0 Å². The summed E-state index contributed by atoms with van der Waals surface area (Å²) in [5, 5.41) is 0. The Morgan fingerprint density at radius 1 is 0.667 bits per heavy atom. The molecule has 4 aliphatic carbocycles. The third-order valence-corrected chi connectivity index (χ3v) is 32.1. The topological polar surface area (TPSA) is 0 Å². The molecule has 0 amide bonds. The summed E-state index contributed by atoms with van der Waals surface area (Å²) < 4.78 is 0. The van der Waals surface area contributed by atoms with E-state index in [1.54, 1.807) is 38.5 Å². The highest BCUT2D eigenvalue weighted by Crippen LogP contribution is 2.62. The summed E-state index contributed by atoms with van der Waals surface area (Å²) >= 11 is 4.24. The van der Waals surface area contributed by atoms with Gasteiger partial charge in [0.2, 0.25) is 0 Å². The van der Waals surface area contributed by atoms with Gasteiger partial charge in [0.15, 0.2) is 0 Å². The molecule has 4 saturated carbocycles. The predicted molar refractivity (Wildman–Crippen MR) is 115 cm³/mol. The Morgan fingerprint density at radius 3 is 2.08 bits per heavy atom. The van der Waals surface area contributed by atoms with Gasteiger partial charge in [0.25, 0.3) is 0 Å². The van der Waals surface area contributed by atoms with Crippen LogP contribution in [0, 0.1) is 23.7 Å². The molecule has 0 aromatic heterocycles. The molecule has 0 nitrogen and oxygen atoms in total. The highest BCUT2D eigenvalue weighted by Gasteiger charge is 2.58. The minimum Gasteiger partial charge on any atom is -0.0884 e. The predicted octanol–water partition coefficient (Wildman–Crippen LogP) is 7.41. The largest absolute Gasteiger partial charge is 0.0884 e. The van der Waals surface area contributed by atoms with E-state index < -0.39 is 15.2 Å². The zero-order chi connectivity index (χ0) is 17.1. The number of fused-ring (bicyclic) bond motifs is 2. The number of hydrogen-bond donors (Lipinski definition) is 0. The van der Waals surface area contributed by atoms with Crippen molar-refractivity contribution in [2.45, 2.75) is 106 Å². The Hall–Kier alpha value is 0.914. The maximum atomic E-state index is 4.24. The second-order valence-corrected chi connectivity index (χ2v) is 28.2. The normalized spacial score (nSPS) is 43.9. The Bertz CT molecular complexity index is 468. The quantitative estimate of drug-likeness (QED) is 0.325. The molecule has 0 spiro atoms. The van der Waals surface area contributed by atoms with E-state index in [9.17, 15) is 0 Å². The molecule has 4 rings (SSSR count). The molecule has 3 heteroatoms. The molecule has 138 valence electrons. The maximum Gasteiger partial charge on any atom is 0.0448 e. The van der Waals surface area contributed by atoms with Crippen molar-refractivity contribution in [3.63, 3.8) is 0 Å². The van der Waals surface area contributed by atoms with E-state index in [4.69, 9.17) is 0 Å². The van der Waals surface area contributed by atoms with Crippen LogP contribution in [0.5, 0.6) is 0 Å². The lowest BCUT2D eigenvalue weighted by Gasteiger charge is -2.51. The zero-order valence-corrected chi connectivity index (χ0v) is 20.1. The standard InChI is InChI=1S/C21H39BrSi2/c1-23(2,16-9-5-6-10-16)24(3,4)20-13-12-18-19(20)14-15-8-7-11-17(15)21(18)22/h15-21H,5-14H2,1-4H3. The summed E-state index contributed by atoms with van der Waals surface area (Å²) in [5.74, 6) is 4.25. The van der Waals surface area contributed by atoms with Crippen LogP contribution in [0.2, 0.25) is 37.3 Å². The molecule has 0 radical (unpaired) electrons. The van der Waals surface area contributed by atoms with Gasteiger partial charge in [-0.1, -0.05) is 87.1 Å². The fourth-order valence-corrected chi connectivity index (χ4v) is 23.3. The maximum absolute atomic E-state index is 4.24. The molecular weight excluding hydrogens is 388 g/mol. The van der Waals surface area contributed by atoms with Crippen molar-refractivity contribution in [2.75, 3.05) is 0 Å². The van der Waals surface area contributed by atoms with Crippen molar-refractivity contribution in [1.29, 1.82) is 0 Å². The average Bonchev–Trinajstić information content (AvgIpc) is 3.27. The first-order valence-corrected chi connectivity index (χ1v) is 19.0. The van der Waals surface area contributed by atoms with Crippen LogP contribution in [-0.2, 0) is 0 Å². The van der Waals surface area contributed by atoms with E-state index in [1.165, 1.54) is 31.2 Å². The Kier molecular flexibility index (Phi) is 4.96. The first kappa shape index (κ1) is 18.3. The van der Waals surface area contributed by atoms with Crippen molar-refractivity contribution >= 4 is 31.1 Å². The first-order valence-electron chi connectivity index (χ1n) is 11.0. The summed E-state index contributed by atoms with van der Waals surface area (Å²) in [6, 6.07) is 0. The van der Waals surface area contributed by atoms with Crippen LogP contribution < -0.4 is 0 Å². The van der Waals surface area contributed by atoms with Gasteiger partial charge in [0.1, 0.15) is 0 Å². The third-order valence-electron chi connectivity index (χ3n) is 9.95. The lowest BCUT2D eigenvalue weighted by Crippen LogP contribution is -2.61. The van der Waals surface area contributed by atoms with Gasteiger partial charge in [-0.25, -0.2) is 0 Å². The molecule has 0 N–H and O–H groups in total. The van der Waals surface area contributed by atoms with E-state index in [0.717, 1.165) is 34.0 Å². The van der Waals surface area contributed by atoms with Crippen LogP contribution in [0.3, 0.4) is 0 Å². The summed E-state index contributed by atoms with van der Waals surface area (Å²) in [6.45, 7) is 11.4. The van der Waals surface area contributed by atoms with Gasteiger partial charge in [-0.3, -0.25) is 0 Å². The molecule has 0 aromatic rings. The molecule has 0 aliphatic heterocycles. The molecule has 6 unspecified atom stereocenters. The highest BCUT2D eigenvalue weighted by molar-refractivity contribution is 9.09. The van der Waals surface area contributed by atoms with Crippen molar-refractivity contribution < 1.29 is 0 Å². The van der Waals surface area contributed by atoms with Gasteiger partial charge < -0.3 is 0 Å². The smallest absolute Gasteiger partial charge is 0.0448 e. The van der Waals surface area contributed by atoms with Gasteiger partial charge >= 0.3 is 0 Å². The lowest BCUT2D eigenvalue weighted by molar-refractivity contribution is 0.168. The van der Waals surface area contributed by atoms with Crippen LogP contribution >= 0.6 is 15.9 Å². The lowest BCUT2D eigenvalue weighted by atomic mass is 9.71. The average molecular weight is 428 g/mol. The molecule has 0 heterocycles. The van der Waals surface area contributed by atoms with Crippen LogP contribution in [0.4, 0.5) is 0 Å². The molecule has 4 aliphatic rings. The summed E-state index contributed by atoms with van der Waals surface area (Å²) in [5.41, 5.74) is 2.33. The Balaban J connectivity index is 1.57. The van der Waals surface area contributed by atoms with Crippen molar-refractivity contribution in [1.82, 2.24) is 0 Å². The monoisotopic (exact) mass is 426 g/mol. The summed E-state index contributed by atoms with van der Waals surface area (Å²) in [4.78, 5) is 0.870. The molecule has 0 aromatic carbocycles. The number of rotatable bonds is 3. The van der Waals surface area contributed by atoms with E-state index in [-0.39, 0.29) is 0 Å². The molecule has 0 bridgehead atoms. The summed E-state index contributed by atoms with van der Waals surface area (Å²) in [6.07, 6.45) is 15.6. The fraction of sp³-hybridized carbons (Fsp3) is 1.00. The third kappa shape index (κ3) is 2.69. The molecule has 0 saturated heterocycles. The van der Waals surface area contributed by atoms with Crippen molar-refractivity contribution in [3.8, 4) is 0 Å². The fourth-order valence-electron chi connectivity index (χ4n) is 7.82. The van der Waals surface area contributed by atoms with E-state index in [0.29, 0.717) is 0 Å². The van der Waals surface area contributed by atoms with Gasteiger partial charge in [0.05, 0.1) is 0 Å². The van der Waals surface area contributed by atoms with Gasteiger partial charge in [-0.2, -0.15) is 0 Å². The first-order chi connectivity index (χ1) is 11.3. The summed E-state index contributed by atoms with van der Waals surface area (Å²) in [7, 11) is -2.20. The van der Waals surface area contributed by atoms with Crippen molar-refractivity contribution in [2.24, 2.45) is 23.7 Å². The number of alkyl halides is 1. The van der Waals surface area contributed by atoms with E-state index in [1.807, 2.05) is 0 Å². The second-order valence-electron chi connectivity index (χ2n) is 11.0. The number of halogens is 1. The van der Waals surface area contributed by atoms with Crippen LogP contribution in [-0.4, -0.2) is 20.0 Å². The molecule has 24 heavy (non-hydrogen) atoms. The van der Waals surface area contributed by atoms with E-state index in [2.05, 4.69) is 42.1 Å². The van der Waals surface area contributed by atoms with Crippen LogP contribution in [0.15, 0.2) is 0 Å². The SMILES string of the molecule is C[Si](C)(C1CCCC1)[Si](C)(C)C1CCC2C(Br)C3CCCC3CC21. The molecule has 6 atom stereocenters. The number of hydrogen-bond acceptors (Lipinski definition) is 0. The highest BCUT2D eigenvalue weighted by atomic mass is 79.9. The molecule has 4 fully saturated rings. The zero-order valence-electron chi connectivity index (χ0n) is 16.5.